The monoisotopic (exact) mass is 272 g/mol. The van der Waals surface area contributed by atoms with Crippen molar-refractivity contribution < 1.29 is 4.79 Å². The molecule has 0 aromatic heterocycles. The molecule has 3 nitrogen and oxygen atoms in total. The number of hydrogen-bond acceptors (Lipinski definition) is 2. The first-order chi connectivity index (χ1) is 8.08. The maximum Gasteiger partial charge on any atom is 0.234 e. The van der Waals surface area contributed by atoms with Gasteiger partial charge in [-0.3, -0.25) is 9.69 Å². The Labute approximate surface area is 110 Å². The van der Waals surface area contributed by atoms with Crippen LogP contribution in [-0.2, 0) is 11.3 Å². The van der Waals surface area contributed by atoms with Crippen LogP contribution >= 0.6 is 23.2 Å². The summed E-state index contributed by atoms with van der Waals surface area (Å²) in [6, 6.07) is 5.38. The van der Waals surface area contributed by atoms with Gasteiger partial charge >= 0.3 is 0 Å². The molecule has 17 heavy (non-hydrogen) atoms. The lowest BCUT2D eigenvalue weighted by Gasteiger charge is -2.21. The van der Waals surface area contributed by atoms with Crippen LogP contribution in [0.1, 0.15) is 18.4 Å². The Bertz CT molecular complexity index is 437. The van der Waals surface area contributed by atoms with Crippen LogP contribution in [0.4, 0.5) is 0 Å². The van der Waals surface area contributed by atoms with Gasteiger partial charge in [-0.25, -0.2) is 0 Å². The van der Waals surface area contributed by atoms with E-state index < -0.39 is 0 Å². The average Bonchev–Trinajstić information content (AvgIpc) is 2.72. The van der Waals surface area contributed by atoms with E-state index in [-0.39, 0.29) is 11.9 Å². The number of rotatable bonds is 3. The summed E-state index contributed by atoms with van der Waals surface area (Å²) in [4.78, 5) is 13.3. The molecule has 2 N–H and O–H groups in total. The van der Waals surface area contributed by atoms with Crippen molar-refractivity contribution in [1.82, 2.24) is 4.90 Å². The van der Waals surface area contributed by atoms with Gasteiger partial charge in [-0.05, 0) is 37.1 Å². The van der Waals surface area contributed by atoms with Gasteiger partial charge in [-0.2, -0.15) is 0 Å². The molecule has 0 bridgehead atoms. The maximum atomic E-state index is 11.3. The SMILES string of the molecule is NC(=O)C1CCCN1Cc1ccc(Cl)c(Cl)c1. The summed E-state index contributed by atoms with van der Waals surface area (Å²) in [5, 5.41) is 1.09. The molecule has 92 valence electrons. The van der Waals surface area contributed by atoms with E-state index in [0.29, 0.717) is 16.6 Å². The van der Waals surface area contributed by atoms with E-state index in [1.165, 1.54) is 0 Å². The molecule has 2 rings (SSSR count). The zero-order valence-corrected chi connectivity index (χ0v) is 10.8. The van der Waals surface area contributed by atoms with E-state index in [1.807, 2.05) is 12.1 Å². The number of amides is 1. The first-order valence-corrected chi connectivity index (χ1v) is 6.31. The lowest BCUT2D eigenvalue weighted by atomic mass is 10.2. The van der Waals surface area contributed by atoms with Gasteiger partial charge in [0.25, 0.3) is 0 Å². The van der Waals surface area contributed by atoms with Crippen LogP contribution in [0.25, 0.3) is 0 Å². The van der Waals surface area contributed by atoms with Crippen LogP contribution in [0.15, 0.2) is 18.2 Å². The number of carbonyl (C=O) groups is 1. The molecular weight excluding hydrogens is 259 g/mol. The smallest absolute Gasteiger partial charge is 0.234 e. The predicted molar refractivity (Wildman–Crippen MR) is 69.1 cm³/mol. The Morgan fingerprint density at radius 2 is 2.18 bits per heavy atom. The Kier molecular flexibility index (Phi) is 3.92. The standard InChI is InChI=1S/C12H14Cl2N2O/c13-9-4-3-8(6-10(9)14)7-16-5-1-2-11(16)12(15)17/h3-4,6,11H,1-2,5,7H2,(H2,15,17). The number of benzene rings is 1. The molecule has 1 aromatic rings. The first-order valence-electron chi connectivity index (χ1n) is 5.55. The van der Waals surface area contributed by atoms with Gasteiger partial charge in [0.05, 0.1) is 16.1 Å². The van der Waals surface area contributed by atoms with E-state index in [1.54, 1.807) is 6.07 Å². The lowest BCUT2D eigenvalue weighted by molar-refractivity contribution is -0.122. The molecular formula is C12H14Cl2N2O. The first kappa shape index (κ1) is 12.7. The van der Waals surface area contributed by atoms with Crippen LogP contribution in [0.2, 0.25) is 10.0 Å². The van der Waals surface area contributed by atoms with Gasteiger partial charge in [0.1, 0.15) is 0 Å². The molecule has 0 saturated carbocycles. The van der Waals surface area contributed by atoms with E-state index in [4.69, 9.17) is 28.9 Å². The maximum absolute atomic E-state index is 11.3. The third-order valence-corrected chi connectivity index (χ3v) is 3.80. The Balaban J connectivity index is 2.09. The van der Waals surface area contributed by atoms with Crippen molar-refractivity contribution >= 4 is 29.1 Å². The topological polar surface area (TPSA) is 46.3 Å². The van der Waals surface area contributed by atoms with E-state index in [2.05, 4.69) is 4.90 Å². The van der Waals surface area contributed by atoms with Crippen molar-refractivity contribution in [2.75, 3.05) is 6.54 Å². The second kappa shape index (κ2) is 5.25. The molecule has 1 aromatic carbocycles. The van der Waals surface area contributed by atoms with Crippen molar-refractivity contribution in [3.05, 3.63) is 33.8 Å². The molecule has 1 heterocycles. The van der Waals surface area contributed by atoms with Gasteiger partial charge in [0.2, 0.25) is 5.91 Å². The normalized spacial score (nSPS) is 20.7. The van der Waals surface area contributed by atoms with Gasteiger partial charge in [-0.1, -0.05) is 29.3 Å². The van der Waals surface area contributed by atoms with Gasteiger partial charge < -0.3 is 5.73 Å². The highest BCUT2D eigenvalue weighted by Crippen LogP contribution is 2.25. The molecule has 1 fully saturated rings. The fraction of sp³-hybridized carbons (Fsp3) is 0.417. The largest absolute Gasteiger partial charge is 0.368 e. The van der Waals surface area contributed by atoms with Crippen LogP contribution in [0.5, 0.6) is 0 Å². The van der Waals surface area contributed by atoms with Crippen LogP contribution < -0.4 is 5.73 Å². The number of primary amides is 1. The third-order valence-electron chi connectivity index (χ3n) is 3.06. The summed E-state index contributed by atoms with van der Waals surface area (Å²) >= 11 is 11.8. The number of likely N-dealkylation sites (tertiary alicyclic amines) is 1. The van der Waals surface area contributed by atoms with Crippen molar-refractivity contribution in [2.24, 2.45) is 5.73 Å². The fourth-order valence-corrected chi connectivity index (χ4v) is 2.53. The van der Waals surface area contributed by atoms with Gasteiger partial charge in [0, 0.05) is 6.54 Å². The summed E-state index contributed by atoms with van der Waals surface area (Å²) in [6.45, 7) is 1.58. The summed E-state index contributed by atoms with van der Waals surface area (Å²) in [7, 11) is 0. The van der Waals surface area contributed by atoms with E-state index >= 15 is 0 Å². The second-order valence-corrected chi connectivity index (χ2v) is 5.09. The number of nitrogens with zero attached hydrogens (tertiary/aromatic N) is 1. The molecule has 1 atom stereocenters. The molecule has 5 heteroatoms. The molecule has 1 aliphatic rings. The summed E-state index contributed by atoms with van der Waals surface area (Å²) < 4.78 is 0. The fourth-order valence-electron chi connectivity index (χ4n) is 2.21. The second-order valence-electron chi connectivity index (χ2n) is 4.28. The lowest BCUT2D eigenvalue weighted by Crippen LogP contribution is -2.39. The Hall–Kier alpha value is -0.770. The molecule has 0 radical (unpaired) electrons. The summed E-state index contributed by atoms with van der Waals surface area (Å²) in [5.74, 6) is -0.248. The summed E-state index contributed by atoms with van der Waals surface area (Å²) in [5.41, 5.74) is 6.42. The molecule has 1 unspecified atom stereocenters. The number of carbonyl (C=O) groups excluding carboxylic acids is 1. The van der Waals surface area contributed by atoms with Crippen molar-refractivity contribution in [3.63, 3.8) is 0 Å². The Morgan fingerprint density at radius 3 is 2.82 bits per heavy atom. The zero-order valence-electron chi connectivity index (χ0n) is 9.33. The highest BCUT2D eigenvalue weighted by atomic mass is 35.5. The number of hydrogen-bond donors (Lipinski definition) is 1. The minimum Gasteiger partial charge on any atom is -0.368 e. The van der Waals surface area contributed by atoms with E-state index in [0.717, 1.165) is 24.9 Å². The van der Waals surface area contributed by atoms with E-state index in [9.17, 15) is 4.79 Å². The summed E-state index contributed by atoms with van der Waals surface area (Å²) in [6.07, 6.45) is 1.85. The van der Waals surface area contributed by atoms with Crippen molar-refractivity contribution in [1.29, 1.82) is 0 Å². The van der Waals surface area contributed by atoms with Gasteiger partial charge in [-0.15, -0.1) is 0 Å². The average molecular weight is 273 g/mol. The molecule has 0 aliphatic carbocycles. The molecule has 0 spiro atoms. The van der Waals surface area contributed by atoms with Crippen LogP contribution in [-0.4, -0.2) is 23.4 Å². The van der Waals surface area contributed by atoms with Crippen molar-refractivity contribution in [2.45, 2.75) is 25.4 Å². The molecule has 1 aliphatic heterocycles. The highest BCUT2D eigenvalue weighted by molar-refractivity contribution is 6.42. The van der Waals surface area contributed by atoms with Crippen LogP contribution in [0, 0.1) is 0 Å². The van der Waals surface area contributed by atoms with Gasteiger partial charge in [0.15, 0.2) is 0 Å². The third kappa shape index (κ3) is 2.92. The molecule has 1 amide bonds. The van der Waals surface area contributed by atoms with Crippen LogP contribution in [0.3, 0.4) is 0 Å². The minimum atomic E-state index is -0.248. The Morgan fingerprint density at radius 1 is 1.41 bits per heavy atom. The quantitative estimate of drug-likeness (QED) is 0.919. The predicted octanol–water partition coefficient (Wildman–Crippen LogP) is 2.44. The highest BCUT2D eigenvalue weighted by Gasteiger charge is 2.28. The van der Waals surface area contributed by atoms with Crippen molar-refractivity contribution in [3.8, 4) is 0 Å². The number of halogens is 2. The minimum absolute atomic E-state index is 0.149. The zero-order chi connectivity index (χ0) is 12.4. The number of nitrogens with two attached hydrogens (primary N) is 1. The molecule has 1 saturated heterocycles.